The molecule has 2 amide bonds. The van der Waals surface area contributed by atoms with Crippen molar-refractivity contribution in [3.63, 3.8) is 0 Å². The van der Waals surface area contributed by atoms with Crippen molar-refractivity contribution < 1.29 is 18.4 Å². The number of hydrogen-bond acceptors (Lipinski definition) is 4. The monoisotopic (exact) mass is 470 g/mol. The zero-order chi connectivity index (χ0) is 24.8. The molecule has 4 rings (SSSR count). The first-order valence-corrected chi connectivity index (χ1v) is 11.8. The van der Waals surface area contributed by atoms with Crippen LogP contribution in [-0.4, -0.2) is 58.0 Å². The Kier molecular flexibility index (Phi) is 6.21. The Hall–Kier alpha value is -2.90. The number of likely N-dealkylation sites (tertiary alicyclic amines) is 1. The van der Waals surface area contributed by atoms with Gasteiger partial charge in [0.05, 0.1) is 28.9 Å². The van der Waals surface area contributed by atoms with E-state index < -0.39 is 22.5 Å². The van der Waals surface area contributed by atoms with Gasteiger partial charge in [0.2, 0.25) is 11.8 Å². The quantitative estimate of drug-likeness (QED) is 0.664. The summed E-state index contributed by atoms with van der Waals surface area (Å²) in [6.45, 7) is 8.90. The fraction of sp³-hybridized carbons (Fsp3) is 0.538. The van der Waals surface area contributed by atoms with E-state index in [1.807, 2.05) is 11.8 Å². The first-order valence-electron chi connectivity index (χ1n) is 11.8. The highest BCUT2D eigenvalue weighted by atomic mass is 19.1. The highest BCUT2D eigenvalue weighted by Gasteiger charge is 2.57. The van der Waals surface area contributed by atoms with Gasteiger partial charge in [0.25, 0.3) is 0 Å². The van der Waals surface area contributed by atoms with Crippen LogP contribution in [0.4, 0.5) is 8.78 Å². The number of rotatable bonds is 4. The fourth-order valence-electron chi connectivity index (χ4n) is 5.75. The molecule has 2 heterocycles. The van der Waals surface area contributed by atoms with Gasteiger partial charge in [-0.2, -0.15) is 10.2 Å². The van der Waals surface area contributed by atoms with Gasteiger partial charge in [0.15, 0.2) is 0 Å². The van der Waals surface area contributed by atoms with E-state index in [-0.39, 0.29) is 35.0 Å². The van der Waals surface area contributed by atoms with Crippen LogP contribution in [0.3, 0.4) is 0 Å². The molecule has 1 saturated carbocycles. The Balaban J connectivity index is 1.59. The maximum Gasteiger partial charge on any atom is 0.229 e. The van der Waals surface area contributed by atoms with Gasteiger partial charge >= 0.3 is 0 Å². The van der Waals surface area contributed by atoms with Gasteiger partial charge in [0.1, 0.15) is 11.6 Å². The molecule has 1 aromatic heterocycles. The van der Waals surface area contributed by atoms with E-state index in [4.69, 9.17) is 0 Å². The third kappa shape index (κ3) is 3.87. The Morgan fingerprint density at radius 3 is 2.47 bits per heavy atom. The van der Waals surface area contributed by atoms with Crippen molar-refractivity contribution in [1.82, 2.24) is 20.0 Å². The average molecular weight is 471 g/mol. The fourth-order valence-corrected chi connectivity index (χ4v) is 5.75. The molecule has 1 aliphatic carbocycles. The molecule has 2 aromatic rings. The van der Waals surface area contributed by atoms with Crippen LogP contribution in [0.2, 0.25) is 0 Å². The molecule has 1 aliphatic heterocycles. The van der Waals surface area contributed by atoms with Crippen LogP contribution in [0, 0.1) is 22.5 Å². The Bertz CT molecular complexity index is 1100. The zero-order valence-corrected chi connectivity index (χ0v) is 20.4. The Morgan fingerprint density at radius 2 is 1.82 bits per heavy atom. The minimum Gasteiger partial charge on any atom is -0.341 e. The van der Waals surface area contributed by atoms with Crippen molar-refractivity contribution >= 4 is 11.8 Å². The third-order valence-electron chi connectivity index (χ3n) is 8.49. The molecule has 3 atom stereocenters. The first-order chi connectivity index (χ1) is 16.0. The molecular weight excluding hydrogens is 438 g/mol. The molecule has 34 heavy (non-hydrogen) atoms. The average Bonchev–Trinajstić information content (AvgIpc) is 3.36. The van der Waals surface area contributed by atoms with Gasteiger partial charge in [-0.3, -0.25) is 9.59 Å². The SMILES string of the molecule is CC(=O)N(C)C1CCN(C(=O)[C@@]2(C)CC[C@H](c3cnnc(-c4c(F)cccc4F)c3)C2(C)C)C1. The molecule has 6 nitrogen and oxygen atoms in total. The third-order valence-corrected chi connectivity index (χ3v) is 8.49. The summed E-state index contributed by atoms with van der Waals surface area (Å²) < 4.78 is 28.7. The van der Waals surface area contributed by atoms with Crippen LogP contribution in [-0.2, 0) is 9.59 Å². The topological polar surface area (TPSA) is 66.4 Å². The smallest absolute Gasteiger partial charge is 0.229 e. The van der Waals surface area contributed by atoms with Gasteiger partial charge < -0.3 is 9.80 Å². The van der Waals surface area contributed by atoms with Crippen LogP contribution < -0.4 is 0 Å². The number of aromatic nitrogens is 2. The van der Waals surface area contributed by atoms with Crippen LogP contribution in [0.5, 0.6) is 0 Å². The molecule has 0 radical (unpaired) electrons. The molecule has 1 unspecified atom stereocenters. The number of halogens is 2. The normalized spacial score (nSPS) is 26.0. The summed E-state index contributed by atoms with van der Waals surface area (Å²) in [4.78, 5) is 29.1. The van der Waals surface area contributed by atoms with Gasteiger partial charge in [-0.1, -0.05) is 26.8 Å². The second-order valence-corrected chi connectivity index (χ2v) is 10.4. The predicted octanol–water partition coefficient (Wildman–Crippen LogP) is 4.41. The van der Waals surface area contributed by atoms with Crippen molar-refractivity contribution in [2.24, 2.45) is 10.8 Å². The maximum absolute atomic E-state index is 14.4. The van der Waals surface area contributed by atoms with Crippen molar-refractivity contribution in [2.75, 3.05) is 20.1 Å². The summed E-state index contributed by atoms with van der Waals surface area (Å²) in [6.07, 6.45) is 3.86. The van der Waals surface area contributed by atoms with Gasteiger partial charge in [0, 0.05) is 27.1 Å². The molecule has 182 valence electrons. The summed E-state index contributed by atoms with van der Waals surface area (Å²) in [5.41, 5.74) is -0.260. The minimum atomic E-state index is -0.684. The zero-order valence-electron chi connectivity index (χ0n) is 20.4. The largest absolute Gasteiger partial charge is 0.341 e. The molecule has 2 fully saturated rings. The highest BCUT2D eigenvalue weighted by molar-refractivity contribution is 5.84. The lowest BCUT2D eigenvalue weighted by atomic mass is 9.63. The van der Waals surface area contributed by atoms with Crippen molar-refractivity contribution in [1.29, 1.82) is 0 Å². The predicted molar refractivity (Wildman–Crippen MR) is 125 cm³/mol. The summed E-state index contributed by atoms with van der Waals surface area (Å²) in [7, 11) is 1.78. The molecule has 1 aromatic carbocycles. The molecule has 0 N–H and O–H groups in total. The lowest BCUT2D eigenvalue weighted by molar-refractivity contribution is -0.146. The van der Waals surface area contributed by atoms with E-state index in [0.29, 0.717) is 19.5 Å². The minimum absolute atomic E-state index is 0.000878. The van der Waals surface area contributed by atoms with E-state index in [2.05, 4.69) is 24.0 Å². The highest BCUT2D eigenvalue weighted by Crippen LogP contribution is 2.60. The second-order valence-electron chi connectivity index (χ2n) is 10.4. The van der Waals surface area contributed by atoms with E-state index in [0.717, 1.165) is 18.4 Å². The number of amides is 2. The van der Waals surface area contributed by atoms with Crippen LogP contribution >= 0.6 is 0 Å². The van der Waals surface area contributed by atoms with Gasteiger partial charge in [-0.15, -0.1) is 0 Å². The number of likely N-dealkylation sites (N-methyl/N-ethyl adjacent to an activating group) is 1. The van der Waals surface area contributed by atoms with Crippen molar-refractivity contribution in [3.8, 4) is 11.3 Å². The van der Waals surface area contributed by atoms with Crippen LogP contribution in [0.15, 0.2) is 30.5 Å². The van der Waals surface area contributed by atoms with Gasteiger partial charge in [-0.05, 0) is 54.4 Å². The number of carbonyl (C=O) groups is 2. The van der Waals surface area contributed by atoms with E-state index in [1.165, 1.54) is 18.2 Å². The summed E-state index contributed by atoms with van der Waals surface area (Å²) >= 11 is 0. The van der Waals surface area contributed by atoms with E-state index in [1.54, 1.807) is 31.1 Å². The first kappa shape index (κ1) is 24.2. The summed E-state index contributed by atoms with van der Waals surface area (Å²) in [5, 5.41) is 8.04. The standard InChI is InChI=1S/C26H32F2N4O2/c1-16(33)31(5)18-10-12-32(15-18)24(34)26(4)11-9-19(25(26,2)3)17-13-22(30-29-14-17)23-20(27)7-6-8-21(23)28/h6-8,13-14,18-19H,9-12,15H2,1-5H3/t18?,19-,26-/m1/s1. The number of carbonyl (C=O) groups excluding carboxylic acids is 2. The van der Waals surface area contributed by atoms with Crippen LogP contribution in [0.25, 0.3) is 11.3 Å². The molecule has 2 aliphatic rings. The molecule has 8 heteroatoms. The van der Waals surface area contributed by atoms with Crippen molar-refractivity contribution in [2.45, 2.75) is 58.9 Å². The summed E-state index contributed by atoms with van der Waals surface area (Å²) in [5.74, 6) is -1.29. The molecule has 0 bridgehead atoms. The lowest BCUT2D eigenvalue weighted by Crippen LogP contribution is -2.49. The number of benzene rings is 1. The molecule has 1 saturated heterocycles. The Morgan fingerprint density at radius 1 is 1.15 bits per heavy atom. The second kappa shape index (κ2) is 8.71. The number of hydrogen-bond donors (Lipinski definition) is 0. The number of nitrogens with zero attached hydrogens (tertiary/aromatic N) is 4. The maximum atomic E-state index is 14.4. The van der Waals surface area contributed by atoms with E-state index in [9.17, 15) is 18.4 Å². The summed E-state index contributed by atoms with van der Waals surface area (Å²) in [6, 6.07) is 5.46. The van der Waals surface area contributed by atoms with Gasteiger partial charge in [-0.25, -0.2) is 8.78 Å². The van der Waals surface area contributed by atoms with Crippen LogP contribution in [0.1, 0.15) is 58.4 Å². The lowest BCUT2D eigenvalue weighted by Gasteiger charge is -2.42. The molecular formula is C26H32F2N4O2. The molecule has 0 spiro atoms. The van der Waals surface area contributed by atoms with Crippen molar-refractivity contribution in [3.05, 3.63) is 47.7 Å². The Labute approximate surface area is 199 Å². The van der Waals surface area contributed by atoms with E-state index >= 15 is 0 Å².